The standard InChI is InChI=1S/C24H47ClN6O2/c1-16-13-28-18(17(2)22(16)32-3)14-31(21-12-20(25)29-23(26)30-21)15-24(7-10-33-11-8-24)19-6-4-5-9-27-19/h16-23,27-30H,4-15,26H2,1-3H3. The SMILES string of the molecule is COC1C(C)CNC(CN(CC2(C3CCCCN3)CCOCC2)C2CC(Cl)NC(N)N2)C1C. The van der Waals surface area contributed by atoms with Gasteiger partial charge in [0.2, 0.25) is 0 Å². The van der Waals surface area contributed by atoms with Gasteiger partial charge in [-0.25, -0.2) is 0 Å². The van der Waals surface area contributed by atoms with Gasteiger partial charge in [0.1, 0.15) is 6.29 Å². The normalized spacial score (nSPS) is 42.4. The van der Waals surface area contributed by atoms with Crippen molar-refractivity contribution in [2.45, 2.75) is 88.5 Å². The van der Waals surface area contributed by atoms with Gasteiger partial charge in [0, 0.05) is 63.9 Å². The number of nitrogens with zero attached hydrogens (tertiary/aromatic N) is 1. The molecule has 0 amide bonds. The molecule has 0 aromatic rings. The van der Waals surface area contributed by atoms with E-state index >= 15 is 0 Å². The van der Waals surface area contributed by atoms with Crippen molar-refractivity contribution in [3.63, 3.8) is 0 Å². The lowest BCUT2D eigenvalue weighted by Gasteiger charge is -2.52. The second-order valence-corrected chi connectivity index (χ2v) is 11.5. The summed E-state index contributed by atoms with van der Waals surface area (Å²) < 4.78 is 11.8. The lowest BCUT2D eigenvalue weighted by atomic mass is 9.70. The van der Waals surface area contributed by atoms with Crippen LogP contribution in [0.2, 0.25) is 0 Å². The first-order chi connectivity index (χ1) is 15.9. The van der Waals surface area contributed by atoms with Crippen LogP contribution in [0.5, 0.6) is 0 Å². The lowest BCUT2D eigenvalue weighted by Crippen LogP contribution is -2.69. The first kappa shape index (κ1) is 26.0. The summed E-state index contributed by atoms with van der Waals surface area (Å²) in [5, 5.41) is 14.5. The Morgan fingerprint density at radius 3 is 2.61 bits per heavy atom. The monoisotopic (exact) mass is 486 g/mol. The molecular formula is C24H47ClN6O2. The second kappa shape index (κ2) is 11.8. The maximum Gasteiger partial charge on any atom is 0.111 e. The highest BCUT2D eigenvalue weighted by Gasteiger charge is 2.45. The molecule has 4 heterocycles. The Kier molecular flexibility index (Phi) is 9.32. The Morgan fingerprint density at radius 1 is 1.15 bits per heavy atom. The minimum Gasteiger partial charge on any atom is -0.381 e. The number of hydrogen-bond donors (Lipinski definition) is 5. The van der Waals surface area contributed by atoms with Crippen LogP contribution in [-0.4, -0.2) is 87.5 Å². The van der Waals surface area contributed by atoms with Crippen LogP contribution in [0.1, 0.15) is 52.4 Å². The van der Waals surface area contributed by atoms with Crippen LogP contribution in [0.25, 0.3) is 0 Å². The highest BCUT2D eigenvalue weighted by Crippen LogP contribution is 2.39. The summed E-state index contributed by atoms with van der Waals surface area (Å²) in [6, 6.07) is 0.910. The second-order valence-electron chi connectivity index (χ2n) is 11.0. The van der Waals surface area contributed by atoms with Gasteiger partial charge < -0.3 is 25.8 Å². The fraction of sp³-hybridized carbons (Fsp3) is 1.00. The minimum atomic E-state index is -0.296. The number of rotatable bonds is 7. The van der Waals surface area contributed by atoms with Crippen LogP contribution in [0.15, 0.2) is 0 Å². The molecule has 4 saturated heterocycles. The molecule has 4 aliphatic rings. The van der Waals surface area contributed by atoms with E-state index in [-0.39, 0.29) is 29.5 Å². The van der Waals surface area contributed by atoms with E-state index in [1.54, 1.807) is 0 Å². The van der Waals surface area contributed by atoms with Crippen molar-refractivity contribution in [1.29, 1.82) is 0 Å². The molecule has 0 saturated carbocycles. The van der Waals surface area contributed by atoms with Crippen molar-refractivity contribution in [3.05, 3.63) is 0 Å². The van der Waals surface area contributed by atoms with E-state index in [1.165, 1.54) is 19.3 Å². The fourth-order valence-corrected chi connectivity index (χ4v) is 7.13. The average Bonchev–Trinajstić information content (AvgIpc) is 2.81. The van der Waals surface area contributed by atoms with Crippen LogP contribution in [0.3, 0.4) is 0 Å². The van der Waals surface area contributed by atoms with Gasteiger partial charge in [-0.2, -0.15) is 0 Å². The zero-order valence-electron chi connectivity index (χ0n) is 20.8. The molecule has 0 radical (unpaired) electrons. The van der Waals surface area contributed by atoms with Gasteiger partial charge in [0.05, 0.1) is 17.8 Å². The van der Waals surface area contributed by atoms with Gasteiger partial charge in [-0.1, -0.05) is 20.3 Å². The van der Waals surface area contributed by atoms with Crippen LogP contribution in [-0.2, 0) is 9.47 Å². The number of hydrogen-bond acceptors (Lipinski definition) is 8. The van der Waals surface area contributed by atoms with Crippen molar-refractivity contribution >= 4 is 11.6 Å². The Hall–Kier alpha value is -0.0300. The number of alkyl halides is 1. The quantitative estimate of drug-likeness (QED) is 0.271. The molecule has 0 aromatic carbocycles. The molecule has 192 valence electrons. The van der Waals surface area contributed by atoms with Crippen LogP contribution in [0, 0.1) is 17.3 Å². The minimum absolute atomic E-state index is 0.129. The zero-order valence-corrected chi connectivity index (χ0v) is 21.6. The van der Waals surface area contributed by atoms with Crippen LogP contribution in [0.4, 0.5) is 0 Å². The van der Waals surface area contributed by atoms with Crippen molar-refractivity contribution in [2.75, 3.05) is 46.5 Å². The third-order valence-electron chi connectivity index (χ3n) is 8.78. The van der Waals surface area contributed by atoms with Gasteiger partial charge in [0.15, 0.2) is 0 Å². The molecule has 0 aliphatic carbocycles. The summed E-state index contributed by atoms with van der Waals surface area (Å²) in [6.45, 7) is 10.4. The largest absolute Gasteiger partial charge is 0.381 e. The highest BCUT2D eigenvalue weighted by atomic mass is 35.5. The molecule has 8 unspecified atom stereocenters. The summed E-state index contributed by atoms with van der Waals surface area (Å²) >= 11 is 6.59. The summed E-state index contributed by atoms with van der Waals surface area (Å²) in [4.78, 5) is 2.65. The molecular weight excluding hydrogens is 440 g/mol. The number of ether oxygens (including phenoxy) is 2. The number of nitrogens with two attached hydrogens (primary N) is 1. The summed E-state index contributed by atoms with van der Waals surface area (Å²) in [6.07, 6.45) is 7.01. The van der Waals surface area contributed by atoms with Gasteiger partial charge in [-0.3, -0.25) is 15.5 Å². The van der Waals surface area contributed by atoms with Crippen molar-refractivity contribution in [2.24, 2.45) is 23.0 Å². The van der Waals surface area contributed by atoms with Crippen molar-refractivity contribution in [3.8, 4) is 0 Å². The number of halogens is 1. The first-order valence-corrected chi connectivity index (χ1v) is 13.6. The predicted molar refractivity (Wildman–Crippen MR) is 133 cm³/mol. The molecule has 0 spiro atoms. The topological polar surface area (TPSA) is 95.8 Å². The van der Waals surface area contributed by atoms with E-state index in [2.05, 4.69) is 40.0 Å². The number of nitrogens with one attached hydrogen (secondary N) is 4. The summed E-state index contributed by atoms with van der Waals surface area (Å²) in [7, 11) is 1.86. The molecule has 9 heteroatoms. The van der Waals surface area contributed by atoms with E-state index in [1.807, 2.05) is 7.11 Å². The molecule has 0 bridgehead atoms. The van der Waals surface area contributed by atoms with Crippen LogP contribution < -0.4 is 27.0 Å². The maximum absolute atomic E-state index is 6.59. The molecule has 4 fully saturated rings. The molecule has 8 atom stereocenters. The Labute approximate surface area is 205 Å². The molecule has 0 aromatic heterocycles. The number of methoxy groups -OCH3 is 1. The molecule has 4 aliphatic heterocycles. The van der Waals surface area contributed by atoms with Crippen molar-refractivity contribution < 1.29 is 9.47 Å². The Bertz CT molecular complexity index is 594. The molecule has 8 nitrogen and oxygen atoms in total. The number of piperidine rings is 2. The smallest absolute Gasteiger partial charge is 0.111 e. The van der Waals surface area contributed by atoms with Crippen molar-refractivity contribution in [1.82, 2.24) is 26.2 Å². The third kappa shape index (κ3) is 6.22. The van der Waals surface area contributed by atoms with E-state index < -0.39 is 0 Å². The fourth-order valence-electron chi connectivity index (χ4n) is 6.83. The summed E-state index contributed by atoms with van der Waals surface area (Å²) in [5.74, 6) is 0.947. The van der Waals surface area contributed by atoms with Gasteiger partial charge >= 0.3 is 0 Å². The Balaban J connectivity index is 1.56. The molecule has 6 N–H and O–H groups in total. The van der Waals surface area contributed by atoms with E-state index in [0.717, 1.165) is 58.7 Å². The average molecular weight is 487 g/mol. The predicted octanol–water partition coefficient (Wildman–Crippen LogP) is 1.20. The van der Waals surface area contributed by atoms with Crippen LogP contribution >= 0.6 is 11.6 Å². The molecule has 33 heavy (non-hydrogen) atoms. The first-order valence-electron chi connectivity index (χ1n) is 13.1. The maximum atomic E-state index is 6.59. The lowest BCUT2D eigenvalue weighted by molar-refractivity contribution is -0.0592. The van der Waals surface area contributed by atoms with E-state index in [0.29, 0.717) is 23.9 Å². The van der Waals surface area contributed by atoms with Gasteiger partial charge in [0.25, 0.3) is 0 Å². The molecule has 4 rings (SSSR count). The Morgan fingerprint density at radius 2 is 1.94 bits per heavy atom. The third-order valence-corrected chi connectivity index (χ3v) is 9.08. The zero-order chi connectivity index (χ0) is 23.4. The van der Waals surface area contributed by atoms with Gasteiger partial charge in [-0.15, -0.1) is 11.6 Å². The summed E-state index contributed by atoms with van der Waals surface area (Å²) in [5.41, 5.74) is 6.37. The van der Waals surface area contributed by atoms with Gasteiger partial charge in [-0.05, 0) is 44.1 Å². The van der Waals surface area contributed by atoms with E-state index in [9.17, 15) is 0 Å². The van der Waals surface area contributed by atoms with E-state index in [4.69, 9.17) is 26.8 Å². The highest BCUT2D eigenvalue weighted by molar-refractivity contribution is 6.20.